The first-order valence-electron chi connectivity index (χ1n) is 15.3. The number of carbonyl (C=O) groups excluding carboxylic acids is 1. The highest BCUT2D eigenvalue weighted by molar-refractivity contribution is 8.00. The van der Waals surface area contributed by atoms with Gasteiger partial charge in [0.2, 0.25) is 11.5 Å². The molecule has 2 heterocycles. The van der Waals surface area contributed by atoms with Gasteiger partial charge in [0.15, 0.2) is 11.2 Å². The summed E-state index contributed by atoms with van der Waals surface area (Å²) >= 11 is 1.18. The van der Waals surface area contributed by atoms with Crippen LogP contribution in [0.4, 0.5) is 0 Å². The number of fused-ring (bicyclic) bond motifs is 1. The summed E-state index contributed by atoms with van der Waals surface area (Å²) in [6.07, 6.45) is 9.68. The maximum Gasteiger partial charge on any atom is 0.371 e. The highest BCUT2D eigenvalue weighted by atomic mass is 32.2. The number of hydrogen-bond donors (Lipinski definition) is 4. The molecule has 0 amide bonds. The second-order valence-corrected chi connectivity index (χ2v) is 12.1. The van der Waals surface area contributed by atoms with Crippen LogP contribution >= 0.6 is 11.8 Å². The summed E-state index contributed by atoms with van der Waals surface area (Å²) in [7, 11) is 0. The van der Waals surface area contributed by atoms with Crippen LogP contribution in [0.5, 0.6) is 11.5 Å². The third kappa shape index (κ3) is 9.05. The second kappa shape index (κ2) is 16.7. The normalized spacial score (nSPS) is 12.9. The number of phenolic OH excluding ortho intramolecular Hbond substituents is 1. The Morgan fingerprint density at radius 2 is 1.73 bits per heavy atom. The van der Waals surface area contributed by atoms with E-state index in [1.807, 2.05) is 19.1 Å². The number of Topliss-reactive ketones (excluding diaryl/α,β-unsaturated/α-hetero) is 1. The molecule has 0 aliphatic rings. The molecule has 252 valence electrons. The van der Waals surface area contributed by atoms with E-state index in [1.165, 1.54) is 43.0 Å². The van der Waals surface area contributed by atoms with Crippen LogP contribution in [0, 0.1) is 0 Å². The lowest BCUT2D eigenvalue weighted by Gasteiger charge is -2.18. The molecule has 2 atom stereocenters. The molecule has 4 N–H and O–H groups in total. The van der Waals surface area contributed by atoms with Crippen LogP contribution in [0.15, 0.2) is 91.4 Å². The molecule has 0 spiro atoms. The lowest BCUT2D eigenvalue weighted by molar-refractivity contribution is 0.0646. The number of furan rings is 1. The number of aliphatic hydroxyl groups is 1. The van der Waals surface area contributed by atoms with E-state index in [0.29, 0.717) is 29.2 Å². The lowest BCUT2D eigenvalue weighted by Crippen LogP contribution is -2.12. The molecule has 48 heavy (non-hydrogen) atoms. The molecule has 12 heteroatoms. The van der Waals surface area contributed by atoms with Crippen LogP contribution in [0.1, 0.15) is 88.4 Å². The van der Waals surface area contributed by atoms with Crippen molar-refractivity contribution in [2.45, 2.75) is 62.2 Å². The number of carboxylic acids is 2. The predicted octanol–water partition coefficient (Wildman–Crippen LogP) is 7.20. The van der Waals surface area contributed by atoms with E-state index < -0.39 is 34.5 Å². The largest absolute Gasteiger partial charge is 0.507 e. The Bertz CT molecular complexity index is 1900. The third-order valence-corrected chi connectivity index (χ3v) is 8.53. The number of phenols is 1. The number of benzene rings is 2. The first-order valence-corrected chi connectivity index (χ1v) is 16.2. The summed E-state index contributed by atoms with van der Waals surface area (Å²) in [5, 5.41) is 39.7. The first-order chi connectivity index (χ1) is 23.0. The zero-order valence-corrected chi connectivity index (χ0v) is 27.2. The Hall–Kier alpha value is -5.07. The van der Waals surface area contributed by atoms with Gasteiger partial charge in [0.05, 0.1) is 22.8 Å². The van der Waals surface area contributed by atoms with Crippen molar-refractivity contribution in [3.05, 3.63) is 111 Å². The van der Waals surface area contributed by atoms with Gasteiger partial charge in [-0.3, -0.25) is 9.59 Å². The quantitative estimate of drug-likeness (QED) is 0.0382. The van der Waals surface area contributed by atoms with Crippen molar-refractivity contribution in [2.24, 2.45) is 0 Å². The summed E-state index contributed by atoms with van der Waals surface area (Å²) in [6, 6.07) is 11.5. The molecular weight excluding hydrogens is 640 g/mol. The molecule has 0 fully saturated rings. The molecule has 0 saturated heterocycles. The van der Waals surface area contributed by atoms with Gasteiger partial charge >= 0.3 is 11.9 Å². The highest BCUT2D eigenvalue weighted by Crippen LogP contribution is 2.36. The highest BCUT2D eigenvalue weighted by Gasteiger charge is 2.25. The van der Waals surface area contributed by atoms with Crippen molar-refractivity contribution in [1.82, 2.24) is 0 Å². The molecule has 0 saturated carbocycles. The molecule has 4 rings (SSSR count). The Kier molecular flexibility index (Phi) is 12.4. The number of aliphatic hydroxyl groups excluding tert-OH is 1. The van der Waals surface area contributed by atoms with E-state index in [-0.39, 0.29) is 39.6 Å². The maximum absolute atomic E-state index is 12.3. The minimum absolute atomic E-state index is 0.0212. The summed E-state index contributed by atoms with van der Waals surface area (Å²) < 4.78 is 16.6. The minimum Gasteiger partial charge on any atom is -0.507 e. The topological polar surface area (TPSA) is 185 Å². The number of hydrogen-bond acceptors (Lipinski definition) is 10. The molecule has 0 aliphatic heterocycles. The van der Waals surface area contributed by atoms with E-state index in [9.17, 15) is 39.6 Å². The molecule has 2 aromatic heterocycles. The van der Waals surface area contributed by atoms with Crippen LogP contribution in [0.25, 0.3) is 11.0 Å². The molecule has 0 radical (unpaired) electrons. The number of aromatic hydroxyl groups is 1. The Balaban J connectivity index is 1.40. The summed E-state index contributed by atoms with van der Waals surface area (Å²) in [5.74, 6) is -3.07. The summed E-state index contributed by atoms with van der Waals surface area (Å²) in [5.41, 5.74) is 0.491. The van der Waals surface area contributed by atoms with Gasteiger partial charge in [-0.1, -0.05) is 37.6 Å². The number of unbranched alkanes of at least 4 members (excludes halogenated alkanes) is 2. The number of aromatic carboxylic acids is 2. The standard InChI is InChI=1S/C36H36O11S/c1-3-10-25-27(15-14-23(21(2)37)33(25)39)45-18-9-7-5-4-6-8-11-32(34(40)28-16-17-29(46-28)35(41)42)48-22-12-13-24-26(38)20-31(36(43)44)47-30(24)19-22/h4,6,8,11-17,19-20,32,34,39-40H,3,5,7,9-10,18H2,1-2H3,(H,41,42)(H,43,44)/b6-4-,11-8+/t32-,34+/m0/s1. The molecule has 0 unspecified atom stereocenters. The molecule has 11 nitrogen and oxygen atoms in total. The van der Waals surface area contributed by atoms with Crippen LogP contribution in [-0.4, -0.2) is 50.0 Å². The van der Waals surface area contributed by atoms with Crippen molar-refractivity contribution in [3.8, 4) is 11.5 Å². The van der Waals surface area contributed by atoms with Crippen LogP contribution in [0.2, 0.25) is 0 Å². The number of carbonyl (C=O) groups is 3. The van der Waals surface area contributed by atoms with Gasteiger partial charge in [0.25, 0.3) is 0 Å². The number of ether oxygens (including phenoxy) is 1. The van der Waals surface area contributed by atoms with Crippen molar-refractivity contribution < 1.29 is 48.4 Å². The van der Waals surface area contributed by atoms with E-state index in [2.05, 4.69) is 0 Å². The summed E-state index contributed by atoms with van der Waals surface area (Å²) in [4.78, 5) is 47.4. The van der Waals surface area contributed by atoms with Crippen LogP contribution in [-0.2, 0) is 6.42 Å². The van der Waals surface area contributed by atoms with Gasteiger partial charge in [-0.05, 0) is 75.1 Å². The first kappa shape index (κ1) is 35.8. The van der Waals surface area contributed by atoms with E-state index in [1.54, 1.807) is 30.4 Å². The van der Waals surface area contributed by atoms with Gasteiger partial charge in [-0.2, -0.15) is 0 Å². The Morgan fingerprint density at radius 3 is 2.42 bits per heavy atom. The van der Waals surface area contributed by atoms with Gasteiger partial charge in [0, 0.05) is 16.5 Å². The number of ketones is 1. The van der Waals surface area contributed by atoms with Crippen LogP contribution < -0.4 is 10.2 Å². The van der Waals surface area contributed by atoms with E-state index in [4.69, 9.17) is 13.6 Å². The van der Waals surface area contributed by atoms with Crippen molar-refractivity contribution >= 4 is 40.5 Å². The number of thioether (sulfide) groups is 1. The Morgan fingerprint density at radius 1 is 0.958 bits per heavy atom. The smallest absolute Gasteiger partial charge is 0.371 e. The van der Waals surface area contributed by atoms with E-state index >= 15 is 0 Å². The number of allylic oxidation sites excluding steroid dienone is 3. The molecule has 2 aromatic carbocycles. The van der Waals surface area contributed by atoms with Gasteiger partial charge in [0.1, 0.15) is 28.9 Å². The van der Waals surface area contributed by atoms with Gasteiger partial charge in [-0.15, -0.1) is 11.8 Å². The minimum atomic E-state index is -1.38. The fraction of sp³-hybridized carbons (Fsp3) is 0.278. The fourth-order valence-corrected chi connectivity index (χ4v) is 5.96. The molecule has 4 aromatic rings. The zero-order chi connectivity index (χ0) is 34.8. The van der Waals surface area contributed by atoms with E-state index in [0.717, 1.165) is 31.7 Å². The molecule has 0 aliphatic carbocycles. The number of rotatable bonds is 17. The van der Waals surface area contributed by atoms with Gasteiger partial charge in [-0.25, -0.2) is 9.59 Å². The maximum atomic E-state index is 12.3. The fourth-order valence-electron chi connectivity index (χ4n) is 4.89. The van der Waals surface area contributed by atoms with Crippen molar-refractivity contribution in [1.29, 1.82) is 0 Å². The molecular formula is C36H36O11S. The monoisotopic (exact) mass is 676 g/mol. The zero-order valence-electron chi connectivity index (χ0n) is 26.4. The molecule has 0 bridgehead atoms. The van der Waals surface area contributed by atoms with Crippen molar-refractivity contribution in [2.75, 3.05) is 6.61 Å². The third-order valence-electron chi connectivity index (χ3n) is 7.31. The SMILES string of the molecule is CCCc1c(OCCCC/C=C\C=C\[C@H](Sc2ccc3c(=O)cc(C(=O)O)oc3c2)[C@H](O)c2ccc(C(=O)O)o2)ccc(C(C)=O)c1O. The average molecular weight is 677 g/mol. The average Bonchev–Trinajstić information content (AvgIpc) is 3.55. The number of carboxylic acid groups (broad SMARTS) is 2. The van der Waals surface area contributed by atoms with Gasteiger partial charge < -0.3 is 34.0 Å². The lowest BCUT2D eigenvalue weighted by atomic mass is 10.0. The van der Waals surface area contributed by atoms with Crippen LogP contribution in [0.3, 0.4) is 0 Å². The Labute approximate surface area is 280 Å². The van der Waals surface area contributed by atoms with Crippen molar-refractivity contribution in [3.63, 3.8) is 0 Å². The second-order valence-electron chi connectivity index (χ2n) is 10.9. The predicted molar refractivity (Wildman–Crippen MR) is 179 cm³/mol. The summed E-state index contributed by atoms with van der Waals surface area (Å²) in [6.45, 7) is 3.84.